The third-order valence-electron chi connectivity index (χ3n) is 3.87. The van der Waals surface area contributed by atoms with Gasteiger partial charge in [-0.1, -0.05) is 44.4 Å². The predicted molar refractivity (Wildman–Crippen MR) is 90.3 cm³/mol. The van der Waals surface area contributed by atoms with E-state index in [4.69, 9.17) is 0 Å². The van der Waals surface area contributed by atoms with Crippen LogP contribution in [0.5, 0.6) is 11.5 Å². The average molecular weight is 334 g/mol. The van der Waals surface area contributed by atoms with E-state index in [2.05, 4.69) is 0 Å². The number of benzene rings is 2. The Bertz CT molecular complexity index is 739. The molecule has 1 atom stereocenters. The molecule has 0 fully saturated rings. The van der Waals surface area contributed by atoms with Gasteiger partial charge in [0.2, 0.25) is 0 Å². The molecule has 23 heavy (non-hydrogen) atoms. The molecule has 0 radical (unpaired) electrons. The van der Waals surface area contributed by atoms with Crippen molar-refractivity contribution in [3.05, 3.63) is 54.1 Å². The molecule has 0 aliphatic heterocycles. The molecular formula is C18H22O4S. The second-order valence-electron chi connectivity index (χ2n) is 5.59. The molecule has 0 spiro atoms. The fourth-order valence-electron chi connectivity index (χ4n) is 2.63. The summed E-state index contributed by atoms with van der Waals surface area (Å²) in [6.45, 7) is 2.05. The number of phenolic OH excluding ortho intramolecular Hbond substituents is 2. The molecule has 0 amide bonds. The minimum Gasteiger partial charge on any atom is -0.508 e. The summed E-state index contributed by atoms with van der Waals surface area (Å²) < 4.78 is 26.0. The third-order valence-corrected chi connectivity index (χ3v) is 6.04. The molecular weight excluding hydrogens is 312 g/mol. The Morgan fingerprint density at radius 3 is 2.35 bits per heavy atom. The van der Waals surface area contributed by atoms with Crippen molar-refractivity contribution >= 4 is 9.84 Å². The van der Waals surface area contributed by atoms with Crippen molar-refractivity contribution in [2.75, 3.05) is 0 Å². The molecule has 0 aliphatic carbocycles. The van der Waals surface area contributed by atoms with Gasteiger partial charge in [-0.25, -0.2) is 8.42 Å². The lowest BCUT2D eigenvalue weighted by Crippen LogP contribution is -2.14. The maximum Gasteiger partial charge on any atom is 0.185 e. The summed E-state index contributed by atoms with van der Waals surface area (Å²) in [5.41, 5.74) is 0.255. The zero-order valence-corrected chi connectivity index (χ0v) is 14.0. The number of rotatable bonds is 7. The summed E-state index contributed by atoms with van der Waals surface area (Å²) in [6, 6.07) is 12.2. The van der Waals surface area contributed by atoms with Crippen molar-refractivity contribution in [3.8, 4) is 11.5 Å². The number of unbranched alkanes of at least 4 members (excludes halogenated alkanes) is 2. The fraction of sp³-hybridized carbons (Fsp3) is 0.333. The zero-order chi connectivity index (χ0) is 16.9. The fourth-order valence-corrected chi connectivity index (χ4v) is 4.50. The molecule has 124 valence electrons. The normalized spacial score (nSPS) is 12.9. The van der Waals surface area contributed by atoms with Crippen molar-refractivity contribution in [2.45, 2.75) is 42.8 Å². The number of hydrogen-bond donors (Lipinski definition) is 2. The Labute approximate surface area is 137 Å². The maximum atomic E-state index is 13.0. The molecule has 2 N–H and O–H groups in total. The van der Waals surface area contributed by atoms with Gasteiger partial charge in [-0.15, -0.1) is 0 Å². The van der Waals surface area contributed by atoms with Crippen LogP contribution in [-0.2, 0) is 9.84 Å². The van der Waals surface area contributed by atoms with E-state index in [0.717, 1.165) is 19.3 Å². The predicted octanol–water partition coefficient (Wildman–Crippen LogP) is 4.19. The molecule has 0 saturated carbocycles. The molecule has 2 rings (SSSR count). The second-order valence-corrected chi connectivity index (χ2v) is 7.72. The van der Waals surface area contributed by atoms with E-state index in [0.29, 0.717) is 6.42 Å². The molecule has 0 saturated heterocycles. The van der Waals surface area contributed by atoms with Crippen LogP contribution >= 0.6 is 0 Å². The molecule has 0 aliphatic rings. The van der Waals surface area contributed by atoms with Crippen LogP contribution in [0.3, 0.4) is 0 Å². The van der Waals surface area contributed by atoms with Gasteiger partial charge in [-0.05, 0) is 36.8 Å². The van der Waals surface area contributed by atoms with Crippen LogP contribution in [0.2, 0.25) is 0 Å². The Balaban J connectivity index is 2.47. The van der Waals surface area contributed by atoms with Crippen molar-refractivity contribution in [3.63, 3.8) is 0 Å². The minimum absolute atomic E-state index is 0.0541. The highest BCUT2D eigenvalue weighted by Crippen LogP contribution is 2.39. The Morgan fingerprint density at radius 1 is 1.00 bits per heavy atom. The number of aromatic hydroxyl groups is 2. The first-order valence-electron chi connectivity index (χ1n) is 7.77. The van der Waals surface area contributed by atoms with Crippen LogP contribution in [0.4, 0.5) is 0 Å². The van der Waals surface area contributed by atoms with Gasteiger partial charge in [0.05, 0.1) is 10.1 Å². The highest BCUT2D eigenvalue weighted by atomic mass is 32.2. The lowest BCUT2D eigenvalue weighted by molar-refractivity contribution is 0.450. The largest absolute Gasteiger partial charge is 0.508 e. The highest BCUT2D eigenvalue weighted by molar-refractivity contribution is 7.91. The third kappa shape index (κ3) is 4.05. The summed E-state index contributed by atoms with van der Waals surface area (Å²) >= 11 is 0. The molecule has 1 unspecified atom stereocenters. The SMILES string of the molecule is CCCCCC(c1cc(O)ccc1O)S(=O)(=O)c1ccccc1. The van der Waals surface area contributed by atoms with Crippen LogP contribution in [0.25, 0.3) is 0 Å². The van der Waals surface area contributed by atoms with Gasteiger partial charge >= 0.3 is 0 Å². The molecule has 2 aromatic carbocycles. The van der Waals surface area contributed by atoms with Crippen LogP contribution in [0.1, 0.15) is 43.4 Å². The molecule has 0 aromatic heterocycles. The molecule has 4 nitrogen and oxygen atoms in total. The van der Waals surface area contributed by atoms with E-state index in [1.807, 2.05) is 6.92 Å². The van der Waals surface area contributed by atoms with Crippen molar-refractivity contribution in [1.82, 2.24) is 0 Å². The van der Waals surface area contributed by atoms with Gasteiger partial charge in [-0.2, -0.15) is 0 Å². The van der Waals surface area contributed by atoms with E-state index in [9.17, 15) is 18.6 Å². The minimum atomic E-state index is -3.64. The van der Waals surface area contributed by atoms with E-state index in [1.54, 1.807) is 30.3 Å². The second kappa shape index (κ2) is 7.51. The van der Waals surface area contributed by atoms with Gasteiger partial charge in [0.1, 0.15) is 11.5 Å². The van der Waals surface area contributed by atoms with E-state index in [1.165, 1.54) is 18.2 Å². The molecule has 0 bridgehead atoms. The number of phenols is 2. The summed E-state index contributed by atoms with van der Waals surface area (Å²) in [5.74, 6) is -0.162. The standard InChI is InChI=1S/C18H22O4S/c1-2-3-5-10-18(16-13-14(19)11-12-17(16)20)23(21,22)15-8-6-4-7-9-15/h4,6-9,11-13,18-20H,2-3,5,10H2,1H3. The summed E-state index contributed by atoms with van der Waals surface area (Å²) in [4.78, 5) is 0.226. The van der Waals surface area contributed by atoms with Gasteiger partial charge < -0.3 is 10.2 Å². The number of sulfone groups is 1. The van der Waals surface area contributed by atoms with Crippen LogP contribution in [-0.4, -0.2) is 18.6 Å². The van der Waals surface area contributed by atoms with Crippen LogP contribution < -0.4 is 0 Å². The quantitative estimate of drug-likeness (QED) is 0.588. The molecule has 5 heteroatoms. The smallest absolute Gasteiger partial charge is 0.185 e. The Morgan fingerprint density at radius 2 is 1.70 bits per heavy atom. The van der Waals surface area contributed by atoms with Gasteiger partial charge in [0.15, 0.2) is 9.84 Å². The van der Waals surface area contributed by atoms with Crippen LogP contribution in [0, 0.1) is 0 Å². The van der Waals surface area contributed by atoms with E-state index < -0.39 is 15.1 Å². The lowest BCUT2D eigenvalue weighted by Gasteiger charge is -2.19. The van der Waals surface area contributed by atoms with Gasteiger partial charge in [0, 0.05) is 5.56 Å². The van der Waals surface area contributed by atoms with Crippen molar-refractivity contribution in [2.24, 2.45) is 0 Å². The van der Waals surface area contributed by atoms with Crippen LogP contribution in [0.15, 0.2) is 53.4 Å². The monoisotopic (exact) mass is 334 g/mol. The first-order valence-corrected chi connectivity index (χ1v) is 9.32. The average Bonchev–Trinajstić information content (AvgIpc) is 2.55. The van der Waals surface area contributed by atoms with Crippen molar-refractivity contribution < 1.29 is 18.6 Å². The van der Waals surface area contributed by atoms with Gasteiger partial charge in [0.25, 0.3) is 0 Å². The Kier molecular flexibility index (Phi) is 5.66. The number of hydrogen-bond acceptors (Lipinski definition) is 4. The maximum absolute atomic E-state index is 13.0. The van der Waals surface area contributed by atoms with Gasteiger partial charge in [-0.3, -0.25) is 0 Å². The molecule has 0 heterocycles. The summed E-state index contributed by atoms with van der Waals surface area (Å²) in [7, 11) is -3.64. The first-order chi connectivity index (χ1) is 11.0. The summed E-state index contributed by atoms with van der Waals surface area (Å²) in [6.07, 6.45) is 3.04. The lowest BCUT2D eigenvalue weighted by atomic mass is 10.0. The Hall–Kier alpha value is -2.01. The summed E-state index contributed by atoms with van der Waals surface area (Å²) in [5, 5.41) is 18.9. The molecule has 2 aromatic rings. The van der Waals surface area contributed by atoms with E-state index >= 15 is 0 Å². The van der Waals surface area contributed by atoms with E-state index in [-0.39, 0.29) is 22.0 Å². The first kappa shape index (κ1) is 17.3. The zero-order valence-electron chi connectivity index (χ0n) is 13.1. The topological polar surface area (TPSA) is 74.6 Å². The highest BCUT2D eigenvalue weighted by Gasteiger charge is 2.30. The van der Waals surface area contributed by atoms with Crippen molar-refractivity contribution in [1.29, 1.82) is 0 Å².